The smallest absolute Gasteiger partial charge is 0.325 e. The van der Waals surface area contributed by atoms with Crippen LogP contribution in [-0.4, -0.2) is 22.8 Å². The van der Waals surface area contributed by atoms with Crippen LogP contribution in [0, 0.1) is 0 Å². The summed E-state index contributed by atoms with van der Waals surface area (Å²) in [6.45, 7) is 0. The van der Waals surface area contributed by atoms with Crippen LogP contribution in [0.4, 0.5) is 10.5 Å². The Kier molecular flexibility index (Phi) is 6.16. The first-order valence-electron chi connectivity index (χ1n) is 8.68. The van der Waals surface area contributed by atoms with Crippen molar-refractivity contribution >= 4 is 23.5 Å². The van der Waals surface area contributed by atoms with E-state index in [0.29, 0.717) is 17.2 Å². The van der Waals surface area contributed by atoms with Gasteiger partial charge < -0.3 is 15.8 Å². The van der Waals surface area contributed by atoms with Crippen LogP contribution < -0.4 is 21.1 Å². The standard InChI is InChI=1S/C21H18N4O4/c22-20(27)18-13-17(10-11-23-18)29-16-8-6-15(7-9-16)24-21(28)25-19(26)12-14-4-2-1-3-5-14/h1-11,13H,12H2,(H2,22,27)(H2,24,25,26,28). The van der Waals surface area contributed by atoms with Gasteiger partial charge >= 0.3 is 6.03 Å². The maximum Gasteiger partial charge on any atom is 0.325 e. The first kappa shape index (κ1) is 19.6. The van der Waals surface area contributed by atoms with Gasteiger partial charge in [-0.25, -0.2) is 4.79 Å². The molecule has 4 N–H and O–H groups in total. The number of urea groups is 1. The van der Waals surface area contributed by atoms with E-state index in [-0.39, 0.29) is 12.1 Å². The zero-order valence-corrected chi connectivity index (χ0v) is 15.3. The lowest BCUT2D eigenvalue weighted by atomic mass is 10.1. The van der Waals surface area contributed by atoms with E-state index in [9.17, 15) is 14.4 Å². The van der Waals surface area contributed by atoms with Gasteiger partial charge in [-0.15, -0.1) is 0 Å². The maximum absolute atomic E-state index is 12.0. The molecular weight excluding hydrogens is 372 g/mol. The number of carbonyl (C=O) groups excluding carboxylic acids is 3. The highest BCUT2D eigenvalue weighted by molar-refractivity contribution is 6.01. The van der Waals surface area contributed by atoms with E-state index in [1.807, 2.05) is 30.3 Å². The molecule has 3 rings (SSSR count). The molecule has 146 valence electrons. The van der Waals surface area contributed by atoms with Gasteiger partial charge in [-0.2, -0.15) is 0 Å². The molecule has 0 aliphatic carbocycles. The molecule has 0 atom stereocenters. The van der Waals surface area contributed by atoms with Gasteiger partial charge in [-0.3, -0.25) is 19.9 Å². The van der Waals surface area contributed by atoms with Crippen molar-refractivity contribution in [2.24, 2.45) is 5.73 Å². The second-order valence-corrected chi connectivity index (χ2v) is 6.03. The zero-order chi connectivity index (χ0) is 20.6. The topological polar surface area (TPSA) is 123 Å². The molecule has 0 aliphatic heterocycles. The van der Waals surface area contributed by atoms with Crippen molar-refractivity contribution in [1.82, 2.24) is 10.3 Å². The van der Waals surface area contributed by atoms with Crippen molar-refractivity contribution < 1.29 is 19.1 Å². The molecule has 29 heavy (non-hydrogen) atoms. The summed E-state index contributed by atoms with van der Waals surface area (Å²) in [5.41, 5.74) is 6.58. The summed E-state index contributed by atoms with van der Waals surface area (Å²) in [5.74, 6) is -0.170. The van der Waals surface area contributed by atoms with Crippen molar-refractivity contribution in [2.75, 3.05) is 5.32 Å². The number of carbonyl (C=O) groups is 3. The second kappa shape index (κ2) is 9.14. The average molecular weight is 390 g/mol. The molecule has 0 aliphatic rings. The Morgan fingerprint density at radius 3 is 2.34 bits per heavy atom. The van der Waals surface area contributed by atoms with Crippen molar-refractivity contribution in [2.45, 2.75) is 6.42 Å². The van der Waals surface area contributed by atoms with Gasteiger partial charge in [0.05, 0.1) is 6.42 Å². The number of hydrogen-bond acceptors (Lipinski definition) is 5. The number of aromatic nitrogens is 1. The number of benzene rings is 2. The summed E-state index contributed by atoms with van der Waals surface area (Å²) < 4.78 is 5.63. The van der Waals surface area contributed by atoms with E-state index in [1.54, 1.807) is 30.3 Å². The number of rotatable bonds is 6. The summed E-state index contributed by atoms with van der Waals surface area (Å²) in [4.78, 5) is 38.9. The lowest BCUT2D eigenvalue weighted by molar-refractivity contribution is -0.119. The predicted octanol–water partition coefficient (Wildman–Crippen LogP) is 2.86. The molecule has 1 aromatic heterocycles. The SMILES string of the molecule is NC(=O)c1cc(Oc2ccc(NC(=O)NC(=O)Cc3ccccc3)cc2)ccn1. The maximum atomic E-state index is 12.0. The number of nitrogens with zero attached hydrogens (tertiary/aromatic N) is 1. The molecule has 0 saturated carbocycles. The fourth-order valence-corrected chi connectivity index (χ4v) is 2.47. The van der Waals surface area contributed by atoms with Crippen LogP contribution in [0.25, 0.3) is 0 Å². The summed E-state index contributed by atoms with van der Waals surface area (Å²) in [7, 11) is 0. The molecule has 0 bridgehead atoms. The molecule has 8 heteroatoms. The number of nitrogens with two attached hydrogens (primary N) is 1. The van der Waals surface area contributed by atoms with Crippen LogP contribution in [0.3, 0.4) is 0 Å². The van der Waals surface area contributed by atoms with Gasteiger partial charge in [-0.05, 0) is 35.9 Å². The largest absolute Gasteiger partial charge is 0.457 e. The third-order valence-corrected chi connectivity index (χ3v) is 3.79. The van der Waals surface area contributed by atoms with E-state index in [2.05, 4.69) is 15.6 Å². The van der Waals surface area contributed by atoms with E-state index in [1.165, 1.54) is 12.3 Å². The summed E-state index contributed by atoms with van der Waals surface area (Å²) >= 11 is 0. The number of primary amides is 1. The minimum Gasteiger partial charge on any atom is -0.457 e. The van der Waals surface area contributed by atoms with E-state index in [0.717, 1.165) is 5.56 Å². The Morgan fingerprint density at radius 2 is 1.66 bits per heavy atom. The molecular formula is C21H18N4O4. The van der Waals surface area contributed by atoms with E-state index >= 15 is 0 Å². The molecule has 0 fully saturated rings. The summed E-state index contributed by atoms with van der Waals surface area (Å²) in [5, 5.41) is 4.85. The van der Waals surface area contributed by atoms with Crippen LogP contribution >= 0.6 is 0 Å². The predicted molar refractivity (Wildman–Crippen MR) is 107 cm³/mol. The Bertz CT molecular complexity index is 1020. The summed E-state index contributed by atoms with van der Waals surface area (Å²) in [6, 6.07) is 18.0. The Labute approximate surface area is 166 Å². The molecule has 4 amide bonds. The minimum atomic E-state index is -0.650. The first-order valence-corrected chi connectivity index (χ1v) is 8.68. The van der Waals surface area contributed by atoms with Gasteiger partial charge in [-0.1, -0.05) is 30.3 Å². The van der Waals surface area contributed by atoms with Crippen molar-refractivity contribution in [3.63, 3.8) is 0 Å². The van der Waals surface area contributed by atoms with Gasteiger partial charge in [0.25, 0.3) is 5.91 Å². The normalized spacial score (nSPS) is 10.1. The molecule has 1 heterocycles. The molecule has 2 aromatic carbocycles. The fourth-order valence-electron chi connectivity index (χ4n) is 2.47. The number of pyridine rings is 1. The highest BCUT2D eigenvalue weighted by atomic mass is 16.5. The third-order valence-electron chi connectivity index (χ3n) is 3.79. The molecule has 0 radical (unpaired) electrons. The second-order valence-electron chi connectivity index (χ2n) is 6.03. The minimum absolute atomic E-state index is 0.0950. The van der Waals surface area contributed by atoms with Crippen molar-refractivity contribution in [1.29, 1.82) is 0 Å². The van der Waals surface area contributed by atoms with Crippen molar-refractivity contribution in [3.05, 3.63) is 84.2 Å². The van der Waals surface area contributed by atoms with E-state index < -0.39 is 17.8 Å². The highest BCUT2D eigenvalue weighted by Crippen LogP contribution is 2.23. The van der Waals surface area contributed by atoms with Crippen LogP contribution in [0.5, 0.6) is 11.5 Å². The number of imide groups is 1. The third kappa shape index (κ3) is 5.90. The lowest BCUT2D eigenvalue weighted by Gasteiger charge is -2.09. The van der Waals surface area contributed by atoms with Gasteiger partial charge in [0.15, 0.2) is 0 Å². The highest BCUT2D eigenvalue weighted by Gasteiger charge is 2.09. The quantitative estimate of drug-likeness (QED) is 0.597. The monoisotopic (exact) mass is 390 g/mol. The summed E-state index contributed by atoms with van der Waals surface area (Å²) in [6.07, 6.45) is 1.53. The van der Waals surface area contributed by atoms with Gasteiger partial charge in [0.2, 0.25) is 5.91 Å². The molecule has 3 aromatic rings. The van der Waals surface area contributed by atoms with Crippen LogP contribution in [0.15, 0.2) is 72.9 Å². The average Bonchev–Trinajstić information content (AvgIpc) is 2.70. The van der Waals surface area contributed by atoms with Crippen molar-refractivity contribution in [3.8, 4) is 11.5 Å². The number of ether oxygens (including phenoxy) is 1. The van der Waals surface area contributed by atoms with Crippen LogP contribution in [-0.2, 0) is 11.2 Å². The van der Waals surface area contributed by atoms with Crippen LogP contribution in [0.2, 0.25) is 0 Å². The molecule has 0 unspecified atom stereocenters. The number of amides is 4. The molecule has 0 saturated heterocycles. The Morgan fingerprint density at radius 1 is 0.931 bits per heavy atom. The lowest BCUT2D eigenvalue weighted by Crippen LogP contribution is -2.35. The van der Waals surface area contributed by atoms with E-state index in [4.69, 9.17) is 10.5 Å². The molecule has 8 nitrogen and oxygen atoms in total. The van der Waals surface area contributed by atoms with Gasteiger partial charge in [0.1, 0.15) is 17.2 Å². The Balaban J connectivity index is 1.53. The molecule has 0 spiro atoms. The van der Waals surface area contributed by atoms with Gasteiger partial charge in [0, 0.05) is 18.0 Å². The zero-order valence-electron chi connectivity index (χ0n) is 15.3. The van der Waals surface area contributed by atoms with Crippen LogP contribution in [0.1, 0.15) is 16.1 Å². The number of nitrogens with one attached hydrogen (secondary N) is 2. The number of anilines is 1. The fraction of sp³-hybridized carbons (Fsp3) is 0.0476. The number of hydrogen-bond donors (Lipinski definition) is 3. The Hall–Kier alpha value is -4.20. The first-order chi connectivity index (χ1) is 14.0.